The second-order valence-electron chi connectivity index (χ2n) is 17.7. The van der Waals surface area contributed by atoms with Gasteiger partial charge in [-0.05, 0) is 105 Å². The normalized spacial score (nSPS) is 26.6. The number of aliphatic hydroxyl groups excluding tert-OH is 1. The van der Waals surface area contributed by atoms with Crippen LogP contribution in [0.1, 0.15) is 113 Å². The summed E-state index contributed by atoms with van der Waals surface area (Å²) in [6.45, 7) is 6.55. The molecule has 0 bridgehead atoms. The molecular formula is C46H57F3N4O6. The summed E-state index contributed by atoms with van der Waals surface area (Å²) < 4.78 is 53.1. The van der Waals surface area contributed by atoms with Gasteiger partial charge in [0.15, 0.2) is 6.29 Å². The lowest BCUT2D eigenvalue weighted by molar-refractivity contribution is -0.255. The molecule has 4 fully saturated rings. The van der Waals surface area contributed by atoms with Crippen molar-refractivity contribution in [2.75, 3.05) is 13.1 Å². The molecule has 59 heavy (non-hydrogen) atoms. The van der Waals surface area contributed by atoms with Crippen LogP contribution in [-0.4, -0.2) is 81.7 Å². The standard InChI is InChI=1S/C46H57F3N4O6/c1-45(2,3)51-42(56)39-21-20-31-10-4-5-14-37(31)53(39)27-36-25-40(32-18-16-29(28-54)17-19-32)59-43(58-36)35-13-7-12-34(24-35)33-11-6-9-30(23-33)26-50-41(55)38-15-8-22-52(38)44(57)46(47,48)49/h6-7,9,11-13,16-19,23-24,31,36-40,43,54H,4-5,8,10,14-15,20-22,25-28H2,1-3H3,(H,50,55)(H,51,56)/t31-,36-,37-,38+,39-,40+,43+/m1/s1. The topological polar surface area (TPSA) is 120 Å². The number of ether oxygens (including phenoxy) is 2. The number of likely N-dealkylation sites (tertiary alicyclic amines) is 2. The third-order valence-corrected chi connectivity index (χ3v) is 12.3. The van der Waals surface area contributed by atoms with Gasteiger partial charge in [-0.15, -0.1) is 0 Å². The lowest BCUT2D eigenvalue weighted by Gasteiger charge is -2.50. The number of carbonyl (C=O) groups excluding carboxylic acids is 3. The van der Waals surface area contributed by atoms with E-state index < -0.39 is 30.3 Å². The highest BCUT2D eigenvalue weighted by molar-refractivity contribution is 5.90. The van der Waals surface area contributed by atoms with Crippen molar-refractivity contribution in [2.45, 2.75) is 140 Å². The Hall–Kier alpha value is -4.30. The van der Waals surface area contributed by atoms with E-state index in [9.17, 15) is 32.7 Å². The highest BCUT2D eigenvalue weighted by atomic mass is 19.4. The molecule has 3 N–H and O–H groups in total. The van der Waals surface area contributed by atoms with Crippen molar-refractivity contribution in [1.29, 1.82) is 0 Å². The Morgan fingerprint density at radius 1 is 0.780 bits per heavy atom. The number of aliphatic hydroxyl groups is 1. The lowest BCUT2D eigenvalue weighted by atomic mass is 9.75. The number of fused-ring (bicyclic) bond motifs is 1. The lowest BCUT2D eigenvalue weighted by Crippen LogP contribution is -2.61. The maximum Gasteiger partial charge on any atom is 0.471 e. The van der Waals surface area contributed by atoms with Crippen LogP contribution in [0, 0.1) is 5.92 Å². The molecule has 1 aliphatic carbocycles. The van der Waals surface area contributed by atoms with Gasteiger partial charge in [-0.3, -0.25) is 19.3 Å². The van der Waals surface area contributed by atoms with E-state index in [4.69, 9.17) is 9.47 Å². The van der Waals surface area contributed by atoms with Gasteiger partial charge in [0.1, 0.15) is 6.04 Å². The SMILES string of the molecule is CC(C)(C)NC(=O)[C@H]1CC[C@H]2CCCC[C@H]2N1C[C@H]1C[C@@H](c2ccc(CO)cc2)O[C@@H](c2cccc(-c3cccc(CNC(=O)[C@@H]4CCCN4C(=O)C(F)(F)F)c3)c2)O1. The third kappa shape index (κ3) is 10.4. The zero-order valence-corrected chi connectivity index (χ0v) is 34.2. The number of rotatable bonds is 10. The van der Waals surface area contributed by atoms with E-state index in [2.05, 4.69) is 15.5 Å². The summed E-state index contributed by atoms with van der Waals surface area (Å²) in [6.07, 6.45) is 1.23. The first-order valence-corrected chi connectivity index (χ1v) is 21.1. The van der Waals surface area contributed by atoms with Crippen molar-refractivity contribution in [3.05, 3.63) is 95.1 Å². The van der Waals surface area contributed by atoms with Crippen LogP contribution in [0.25, 0.3) is 11.1 Å². The molecule has 7 atom stereocenters. The van der Waals surface area contributed by atoms with E-state index in [1.807, 2.05) is 93.6 Å². The molecule has 3 aliphatic heterocycles. The van der Waals surface area contributed by atoms with Crippen molar-refractivity contribution >= 4 is 17.7 Å². The van der Waals surface area contributed by atoms with Crippen LogP contribution >= 0.6 is 0 Å². The van der Waals surface area contributed by atoms with E-state index in [1.165, 1.54) is 12.8 Å². The zero-order valence-electron chi connectivity index (χ0n) is 34.2. The van der Waals surface area contributed by atoms with Gasteiger partial charge in [-0.25, -0.2) is 0 Å². The van der Waals surface area contributed by atoms with Gasteiger partial charge >= 0.3 is 12.1 Å². The smallest absolute Gasteiger partial charge is 0.392 e. The summed E-state index contributed by atoms with van der Waals surface area (Å²) in [5, 5.41) is 15.7. The molecular weight excluding hydrogens is 762 g/mol. The van der Waals surface area contributed by atoms with Crippen molar-refractivity contribution in [3.63, 3.8) is 0 Å². The van der Waals surface area contributed by atoms with Crippen molar-refractivity contribution < 1.29 is 42.1 Å². The second kappa shape index (κ2) is 18.1. The van der Waals surface area contributed by atoms with Gasteiger partial charge < -0.3 is 30.1 Å². The molecule has 3 amide bonds. The minimum Gasteiger partial charge on any atom is -0.392 e. The number of hydrogen-bond acceptors (Lipinski definition) is 7. The van der Waals surface area contributed by atoms with Crippen LogP contribution in [0.15, 0.2) is 72.8 Å². The number of nitrogens with zero attached hydrogens (tertiary/aromatic N) is 2. The van der Waals surface area contributed by atoms with Gasteiger partial charge in [0.05, 0.1) is 24.9 Å². The molecule has 1 saturated carbocycles. The maximum atomic E-state index is 13.9. The Morgan fingerprint density at radius 2 is 1.51 bits per heavy atom. The third-order valence-electron chi connectivity index (χ3n) is 12.3. The molecule has 0 spiro atoms. The summed E-state index contributed by atoms with van der Waals surface area (Å²) in [5.74, 6) is -1.99. The number of carbonyl (C=O) groups is 3. The van der Waals surface area contributed by atoms with Gasteiger partial charge in [0.2, 0.25) is 11.8 Å². The van der Waals surface area contributed by atoms with Gasteiger partial charge in [-0.2, -0.15) is 13.2 Å². The van der Waals surface area contributed by atoms with Crippen molar-refractivity contribution in [2.24, 2.45) is 5.92 Å². The first-order valence-electron chi connectivity index (χ1n) is 21.1. The molecule has 0 radical (unpaired) electrons. The molecule has 3 aromatic carbocycles. The fourth-order valence-electron chi connectivity index (χ4n) is 9.47. The Morgan fingerprint density at radius 3 is 2.24 bits per heavy atom. The highest BCUT2D eigenvalue weighted by Gasteiger charge is 2.48. The number of benzene rings is 3. The maximum absolute atomic E-state index is 13.9. The fraction of sp³-hybridized carbons (Fsp3) is 0.543. The summed E-state index contributed by atoms with van der Waals surface area (Å²) in [7, 11) is 0. The molecule has 10 nitrogen and oxygen atoms in total. The second-order valence-corrected chi connectivity index (χ2v) is 17.7. The van der Waals surface area contributed by atoms with Crippen molar-refractivity contribution in [3.8, 4) is 11.1 Å². The molecule has 3 aromatic rings. The van der Waals surface area contributed by atoms with E-state index in [0.717, 1.165) is 59.1 Å². The predicted octanol–water partition coefficient (Wildman–Crippen LogP) is 7.50. The van der Waals surface area contributed by atoms with E-state index in [0.29, 0.717) is 36.2 Å². The van der Waals surface area contributed by atoms with Crippen LogP contribution in [0.5, 0.6) is 0 Å². The van der Waals surface area contributed by atoms with Crippen LogP contribution in [0.2, 0.25) is 0 Å². The number of hydrogen-bond donors (Lipinski definition) is 3. The van der Waals surface area contributed by atoms with Gasteiger partial charge in [0.25, 0.3) is 0 Å². The molecule has 3 heterocycles. The van der Waals surface area contributed by atoms with Gasteiger partial charge in [0, 0.05) is 43.2 Å². The summed E-state index contributed by atoms with van der Waals surface area (Å²) in [4.78, 5) is 41.8. The highest BCUT2D eigenvalue weighted by Crippen LogP contribution is 2.42. The van der Waals surface area contributed by atoms with E-state index in [-0.39, 0.29) is 55.8 Å². The minimum atomic E-state index is -5.04. The number of nitrogens with one attached hydrogen (secondary N) is 2. The van der Waals surface area contributed by atoms with Crippen LogP contribution < -0.4 is 10.6 Å². The molecule has 0 aromatic heterocycles. The van der Waals surface area contributed by atoms with Crippen LogP contribution in [0.3, 0.4) is 0 Å². The molecule has 3 saturated heterocycles. The van der Waals surface area contributed by atoms with Gasteiger partial charge in [-0.1, -0.05) is 73.5 Å². The molecule has 13 heteroatoms. The summed E-state index contributed by atoms with van der Waals surface area (Å²) in [5.41, 5.74) is 4.74. The predicted molar refractivity (Wildman–Crippen MR) is 216 cm³/mol. The minimum absolute atomic E-state index is 0.0574. The number of piperidine rings is 1. The zero-order chi connectivity index (χ0) is 41.9. The number of amides is 3. The molecule has 7 rings (SSSR count). The Bertz CT molecular complexity index is 1950. The van der Waals surface area contributed by atoms with E-state index >= 15 is 0 Å². The fourth-order valence-corrected chi connectivity index (χ4v) is 9.47. The van der Waals surface area contributed by atoms with Crippen LogP contribution in [-0.2, 0) is 37.0 Å². The number of halogens is 3. The van der Waals surface area contributed by atoms with Crippen LogP contribution in [0.4, 0.5) is 13.2 Å². The van der Waals surface area contributed by atoms with E-state index in [1.54, 1.807) is 0 Å². The monoisotopic (exact) mass is 818 g/mol. The average Bonchev–Trinajstić information content (AvgIpc) is 3.72. The summed E-state index contributed by atoms with van der Waals surface area (Å²) >= 11 is 0. The summed E-state index contributed by atoms with van der Waals surface area (Å²) in [6, 6.07) is 22.2. The first-order chi connectivity index (χ1) is 28.2. The number of alkyl halides is 3. The molecule has 4 aliphatic rings. The molecule has 318 valence electrons. The Balaban J connectivity index is 1.11. The molecule has 0 unspecified atom stereocenters. The first kappa shape index (κ1) is 42.8. The quantitative estimate of drug-likeness (QED) is 0.194. The van der Waals surface area contributed by atoms with Crippen molar-refractivity contribution in [1.82, 2.24) is 20.4 Å². The Kier molecular flexibility index (Phi) is 13.2. The Labute approximate surface area is 344 Å². The largest absolute Gasteiger partial charge is 0.471 e. The average molecular weight is 819 g/mol.